The number of hydrogen-bond donors (Lipinski definition) is 1. The van der Waals surface area contributed by atoms with Gasteiger partial charge in [0.25, 0.3) is 0 Å². The Labute approximate surface area is 128 Å². The van der Waals surface area contributed by atoms with Crippen molar-refractivity contribution in [2.24, 2.45) is 0 Å². The summed E-state index contributed by atoms with van der Waals surface area (Å²) in [6.45, 7) is 11.3. The summed E-state index contributed by atoms with van der Waals surface area (Å²) < 4.78 is 0. The van der Waals surface area contributed by atoms with Gasteiger partial charge in [0.1, 0.15) is 6.17 Å². The fourth-order valence-corrected chi connectivity index (χ4v) is 2.99. The molecule has 0 bridgehead atoms. The zero-order chi connectivity index (χ0) is 15.6. The van der Waals surface area contributed by atoms with Crippen LogP contribution >= 0.6 is 0 Å². The van der Waals surface area contributed by atoms with Crippen molar-refractivity contribution in [2.75, 3.05) is 6.54 Å². The molecule has 1 aromatic carbocycles. The van der Waals surface area contributed by atoms with Crippen LogP contribution in [-0.2, 0) is 4.79 Å². The van der Waals surface area contributed by atoms with E-state index in [1.165, 1.54) is 16.7 Å². The molecule has 1 N–H and O–H groups in total. The van der Waals surface area contributed by atoms with Crippen molar-refractivity contribution in [1.29, 1.82) is 0 Å². The fourth-order valence-electron chi connectivity index (χ4n) is 2.99. The van der Waals surface area contributed by atoms with E-state index in [1.54, 1.807) is 0 Å². The van der Waals surface area contributed by atoms with Gasteiger partial charge in [-0.1, -0.05) is 44.0 Å². The number of carbonyl (C=O) groups excluding carboxylic acids is 1. The highest BCUT2D eigenvalue weighted by Gasteiger charge is 2.47. The minimum absolute atomic E-state index is 0.00824. The predicted octanol–water partition coefficient (Wildman–Crippen LogP) is 3.70. The highest BCUT2D eigenvalue weighted by Crippen LogP contribution is 2.34. The van der Waals surface area contributed by atoms with Crippen LogP contribution in [0.2, 0.25) is 0 Å². The van der Waals surface area contributed by atoms with Crippen molar-refractivity contribution in [3.63, 3.8) is 0 Å². The van der Waals surface area contributed by atoms with Gasteiger partial charge < -0.3 is 4.90 Å². The van der Waals surface area contributed by atoms with E-state index in [0.29, 0.717) is 0 Å². The molecule has 1 aliphatic heterocycles. The van der Waals surface area contributed by atoms with E-state index < -0.39 is 5.54 Å². The first-order valence-corrected chi connectivity index (χ1v) is 8.09. The Morgan fingerprint density at radius 1 is 1.29 bits per heavy atom. The Kier molecular flexibility index (Phi) is 4.72. The molecule has 3 nitrogen and oxygen atoms in total. The van der Waals surface area contributed by atoms with E-state index in [4.69, 9.17) is 0 Å². The standard InChI is InChI=1S/C18H28N2O/c1-6-8-11-20-16(19-18(5,7-2)17(20)21)15-12-13(3)9-10-14(15)4/h9-10,12,16,19H,6-8,11H2,1-5H3. The smallest absolute Gasteiger partial charge is 0.244 e. The molecule has 21 heavy (non-hydrogen) atoms. The molecule has 2 atom stereocenters. The molecule has 3 heteroatoms. The lowest BCUT2D eigenvalue weighted by molar-refractivity contribution is -0.133. The maximum absolute atomic E-state index is 12.8. The van der Waals surface area contributed by atoms with Crippen molar-refractivity contribution < 1.29 is 4.79 Å². The van der Waals surface area contributed by atoms with Crippen LogP contribution in [0.1, 0.15) is 62.9 Å². The third-order valence-corrected chi connectivity index (χ3v) is 4.69. The molecular weight excluding hydrogens is 260 g/mol. The minimum Gasteiger partial charge on any atom is -0.321 e. The monoisotopic (exact) mass is 288 g/mol. The lowest BCUT2D eigenvalue weighted by atomic mass is 9.99. The molecule has 0 saturated carbocycles. The first kappa shape index (κ1) is 16.0. The van der Waals surface area contributed by atoms with Gasteiger partial charge in [0.2, 0.25) is 5.91 Å². The third kappa shape index (κ3) is 2.98. The summed E-state index contributed by atoms with van der Waals surface area (Å²) in [7, 11) is 0. The number of hydrogen-bond acceptors (Lipinski definition) is 2. The molecule has 1 heterocycles. The lowest BCUT2D eigenvalue weighted by Crippen LogP contribution is -2.43. The molecule has 1 amide bonds. The van der Waals surface area contributed by atoms with Gasteiger partial charge in [-0.3, -0.25) is 10.1 Å². The normalized spacial score (nSPS) is 25.7. The number of nitrogens with zero attached hydrogens (tertiary/aromatic N) is 1. The van der Waals surface area contributed by atoms with Crippen LogP contribution in [0.5, 0.6) is 0 Å². The zero-order valence-corrected chi connectivity index (χ0v) is 14.0. The zero-order valence-electron chi connectivity index (χ0n) is 14.0. The van der Waals surface area contributed by atoms with Gasteiger partial charge in [-0.05, 0) is 44.7 Å². The van der Waals surface area contributed by atoms with Crippen molar-refractivity contribution in [2.45, 2.75) is 65.6 Å². The number of unbranched alkanes of at least 4 members (excludes halogenated alkanes) is 1. The van der Waals surface area contributed by atoms with Gasteiger partial charge in [0.15, 0.2) is 0 Å². The number of aryl methyl sites for hydroxylation is 2. The summed E-state index contributed by atoms with van der Waals surface area (Å²) in [6, 6.07) is 6.49. The Morgan fingerprint density at radius 3 is 2.62 bits per heavy atom. The summed E-state index contributed by atoms with van der Waals surface area (Å²) in [5.74, 6) is 0.240. The summed E-state index contributed by atoms with van der Waals surface area (Å²) in [5, 5.41) is 3.59. The Morgan fingerprint density at radius 2 is 2.00 bits per heavy atom. The molecular formula is C18H28N2O. The van der Waals surface area contributed by atoms with Gasteiger partial charge in [-0.2, -0.15) is 0 Å². The minimum atomic E-state index is -0.436. The Hall–Kier alpha value is -1.35. The van der Waals surface area contributed by atoms with Crippen LogP contribution in [0.15, 0.2) is 18.2 Å². The highest BCUT2D eigenvalue weighted by molar-refractivity contribution is 5.88. The fraction of sp³-hybridized carbons (Fsp3) is 0.611. The van der Waals surface area contributed by atoms with Crippen LogP contribution < -0.4 is 5.32 Å². The second-order valence-corrected chi connectivity index (χ2v) is 6.44. The van der Waals surface area contributed by atoms with E-state index >= 15 is 0 Å². The topological polar surface area (TPSA) is 32.3 Å². The Balaban J connectivity index is 2.39. The average molecular weight is 288 g/mol. The third-order valence-electron chi connectivity index (χ3n) is 4.69. The maximum atomic E-state index is 12.8. The molecule has 1 aromatic rings. The number of carbonyl (C=O) groups is 1. The van der Waals surface area contributed by atoms with Crippen LogP contribution in [0.25, 0.3) is 0 Å². The van der Waals surface area contributed by atoms with Gasteiger partial charge in [-0.15, -0.1) is 0 Å². The average Bonchev–Trinajstić information content (AvgIpc) is 2.72. The molecule has 0 aromatic heterocycles. The first-order chi connectivity index (χ1) is 9.92. The van der Waals surface area contributed by atoms with E-state index in [9.17, 15) is 4.79 Å². The summed E-state index contributed by atoms with van der Waals surface area (Å²) in [6.07, 6.45) is 2.98. The number of rotatable bonds is 5. The molecule has 0 radical (unpaired) electrons. The second-order valence-electron chi connectivity index (χ2n) is 6.44. The molecule has 2 rings (SSSR count). The van der Waals surface area contributed by atoms with E-state index in [2.05, 4.69) is 51.2 Å². The largest absolute Gasteiger partial charge is 0.321 e. The number of amides is 1. The summed E-state index contributed by atoms with van der Waals surface area (Å²) in [5.41, 5.74) is 3.28. The first-order valence-electron chi connectivity index (χ1n) is 8.09. The van der Waals surface area contributed by atoms with Crippen LogP contribution in [0.4, 0.5) is 0 Å². The van der Waals surface area contributed by atoms with Crippen LogP contribution in [0.3, 0.4) is 0 Å². The molecule has 1 aliphatic rings. The van der Waals surface area contributed by atoms with Crippen molar-refractivity contribution in [3.8, 4) is 0 Å². The maximum Gasteiger partial charge on any atom is 0.244 e. The number of nitrogens with one attached hydrogen (secondary N) is 1. The quantitative estimate of drug-likeness (QED) is 0.896. The molecule has 0 spiro atoms. The van der Waals surface area contributed by atoms with Gasteiger partial charge in [0.05, 0.1) is 5.54 Å². The summed E-state index contributed by atoms with van der Waals surface area (Å²) in [4.78, 5) is 14.8. The van der Waals surface area contributed by atoms with Gasteiger partial charge in [0, 0.05) is 6.54 Å². The molecule has 116 valence electrons. The molecule has 0 aliphatic carbocycles. The predicted molar refractivity (Wildman–Crippen MR) is 87.1 cm³/mol. The van der Waals surface area contributed by atoms with E-state index in [1.807, 2.05) is 11.8 Å². The SMILES string of the molecule is CCCCN1C(=O)C(C)(CC)NC1c1cc(C)ccc1C. The van der Waals surface area contributed by atoms with Gasteiger partial charge in [-0.25, -0.2) is 0 Å². The highest BCUT2D eigenvalue weighted by atomic mass is 16.2. The molecule has 2 unspecified atom stereocenters. The second kappa shape index (κ2) is 6.18. The summed E-state index contributed by atoms with van der Waals surface area (Å²) >= 11 is 0. The van der Waals surface area contributed by atoms with E-state index in [-0.39, 0.29) is 12.1 Å². The number of benzene rings is 1. The van der Waals surface area contributed by atoms with Crippen molar-refractivity contribution in [3.05, 3.63) is 34.9 Å². The van der Waals surface area contributed by atoms with Crippen LogP contribution in [0, 0.1) is 13.8 Å². The van der Waals surface area contributed by atoms with Crippen LogP contribution in [-0.4, -0.2) is 22.9 Å². The Bertz CT molecular complexity index is 526. The molecule has 1 saturated heterocycles. The lowest BCUT2D eigenvalue weighted by Gasteiger charge is -2.26. The van der Waals surface area contributed by atoms with Gasteiger partial charge >= 0.3 is 0 Å². The van der Waals surface area contributed by atoms with Crippen molar-refractivity contribution in [1.82, 2.24) is 10.2 Å². The molecule has 1 fully saturated rings. The van der Waals surface area contributed by atoms with Crippen molar-refractivity contribution >= 4 is 5.91 Å². The van der Waals surface area contributed by atoms with E-state index in [0.717, 1.165) is 25.8 Å².